The van der Waals surface area contributed by atoms with E-state index in [2.05, 4.69) is 9.88 Å². The molecule has 0 amide bonds. The van der Waals surface area contributed by atoms with Crippen molar-refractivity contribution in [1.29, 1.82) is 0 Å². The molecule has 170 valence electrons. The number of benzene rings is 1. The lowest BCUT2D eigenvalue weighted by Crippen LogP contribution is -2.32. The molecule has 1 aromatic carbocycles. The van der Waals surface area contributed by atoms with Crippen LogP contribution in [0, 0.1) is 5.82 Å². The second kappa shape index (κ2) is 8.55. The number of aromatic nitrogens is 2. The first kappa shape index (κ1) is 21.5. The third-order valence-electron chi connectivity index (χ3n) is 6.45. The van der Waals surface area contributed by atoms with Gasteiger partial charge >= 0.3 is 0 Å². The number of hydrogen-bond donors (Lipinski definition) is 1. The summed E-state index contributed by atoms with van der Waals surface area (Å²) in [7, 11) is 0. The first-order valence-electron chi connectivity index (χ1n) is 11.0. The Morgan fingerprint density at radius 1 is 1.34 bits per heavy atom. The van der Waals surface area contributed by atoms with E-state index in [0.29, 0.717) is 40.4 Å². The van der Waals surface area contributed by atoms with Gasteiger partial charge in [0.05, 0.1) is 23.9 Å². The number of likely N-dealkylation sites (tertiary alicyclic amines) is 1. The summed E-state index contributed by atoms with van der Waals surface area (Å²) in [6, 6.07) is 6.23. The second-order valence-corrected chi connectivity index (χ2v) is 9.50. The average Bonchev–Trinajstić information content (AvgIpc) is 3.51. The number of aliphatic hydroxyl groups is 1. The molecule has 0 aliphatic carbocycles. The SMILES string of the molecule is CC1OCCC1(O)c1cc2ncn(-c3ccc(OCCN4CCCC4)c(F)c3)c(=O)c2s1. The Morgan fingerprint density at radius 3 is 2.88 bits per heavy atom. The molecule has 2 aromatic heterocycles. The molecule has 2 unspecified atom stereocenters. The minimum absolute atomic E-state index is 0.172. The summed E-state index contributed by atoms with van der Waals surface area (Å²) in [4.78, 5) is 20.5. The number of halogens is 1. The normalized spacial score (nSPS) is 23.9. The second-order valence-electron chi connectivity index (χ2n) is 8.44. The Hall–Kier alpha value is -2.33. The van der Waals surface area contributed by atoms with Crippen molar-refractivity contribution in [2.75, 3.05) is 32.8 Å². The van der Waals surface area contributed by atoms with E-state index in [0.717, 1.165) is 19.6 Å². The third kappa shape index (κ3) is 3.83. The molecule has 32 heavy (non-hydrogen) atoms. The molecule has 3 aromatic rings. The van der Waals surface area contributed by atoms with Crippen LogP contribution in [-0.2, 0) is 10.3 Å². The minimum Gasteiger partial charge on any atom is -0.489 e. The van der Waals surface area contributed by atoms with Gasteiger partial charge in [0.2, 0.25) is 0 Å². The lowest BCUT2D eigenvalue weighted by atomic mass is 9.95. The molecule has 1 N–H and O–H groups in total. The molecular formula is C23H26FN3O4S. The number of fused-ring (bicyclic) bond motifs is 1. The summed E-state index contributed by atoms with van der Waals surface area (Å²) in [5.41, 5.74) is -0.535. The van der Waals surface area contributed by atoms with Gasteiger partial charge < -0.3 is 14.6 Å². The predicted octanol–water partition coefficient (Wildman–Crippen LogP) is 3.06. The predicted molar refractivity (Wildman–Crippen MR) is 120 cm³/mol. The van der Waals surface area contributed by atoms with E-state index in [1.165, 1.54) is 41.1 Å². The fourth-order valence-electron chi connectivity index (χ4n) is 4.41. The molecule has 2 saturated heterocycles. The van der Waals surface area contributed by atoms with E-state index in [1.807, 2.05) is 6.92 Å². The van der Waals surface area contributed by atoms with Crippen LogP contribution in [-0.4, -0.2) is 58.5 Å². The van der Waals surface area contributed by atoms with Crippen molar-refractivity contribution >= 4 is 21.6 Å². The fourth-order valence-corrected chi connectivity index (χ4v) is 5.65. The highest BCUT2D eigenvalue weighted by atomic mass is 32.1. The van der Waals surface area contributed by atoms with Gasteiger partial charge in [0, 0.05) is 23.9 Å². The zero-order chi connectivity index (χ0) is 22.3. The van der Waals surface area contributed by atoms with E-state index in [1.54, 1.807) is 18.2 Å². The van der Waals surface area contributed by atoms with Crippen LogP contribution in [0.2, 0.25) is 0 Å². The maximum absolute atomic E-state index is 14.7. The van der Waals surface area contributed by atoms with E-state index < -0.39 is 11.4 Å². The molecule has 5 rings (SSSR count). The number of hydrogen-bond acceptors (Lipinski definition) is 7. The molecular weight excluding hydrogens is 433 g/mol. The molecule has 0 spiro atoms. The maximum Gasteiger partial charge on any atom is 0.275 e. The summed E-state index contributed by atoms with van der Waals surface area (Å²) < 4.78 is 27.5. The summed E-state index contributed by atoms with van der Waals surface area (Å²) in [5, 5.41) is 11.0. The Bertz CT molecular complexity index is 1190. The van der Waals surface area contributed by atoms with Gasteiger partial charge in [-0.2, -0.15) is 0 Å². The molecule has 9 heteroatoms. The van der Waals surface area contributed by atoms with Gasteiger partial charge in [0.15, 0.2) is 11.6 Å². The lowest BCUT2D eigenvalue weighted by molar-refractivity contribution is -0.0290. The third-order valence-corrected chi connectivity index (χ3v) is 7.72. The number of thiophene rings is 1. The lowest BCUT2D eigenvalue weighted by Gasteiger charge is -2.24. The Morgan fingerprint density at radius 2 is 2.16 bits per heavy atom. The molecule has 4 heterocycles. The summed E-state index contributed by atoms with van der Waals surface area (Å²) in [6.45, 7) is 5.62. The number of nitrogens with zero attached hydrogens (tertiary/aromatic N) is 3. The van der Waals surface area contributed by atoms with Gasteiger partial charge in [-0.05, 0) is 51.1 Å². The van der Waals surface area contributed by atoms with Crippen molar-refractivity contribution in [2.45, 2.75) is 37.9 Å². The van der Waals surface area contributed by atoms with Crippen molar-refractivity contribution < 1.29 is 19.0 Å². The van der Waals surface area contributed by atoms with Crippen LogP contribution >= 0.6 is 11.3 Å². The van der Waals surface area contributed by atoms with Gasteiger partial charge in [-0.25, -0.2) is 9.37 Å². The van der Waals surface area contributed by atoms with E-state index in [4.69, 9.17) is 9.47 Å². The first-order chi connectivity index (χ1) is 15.5. The molecule has 0 radical (unpaired) electrons. The Labute approximate surface area is 189 Å². The largest absolute Gasteiger partial charge is 0.489 e. The van der Waals surface area contributed by atoms with Crippen LogP contribution in [0.25, 0.3) is 15.9 Å². The summed E-state index contributed by atoms with van der Waals surface area (Å²) >= 11 is 1.21. The van der Waals surface area contributed by atoms with Gasteiger partial charge in [-0.1, -0.05) is 0 Å². The van der Waals surface area contributed by atoms with Crippen molar-refractivity contribution in [3.8, 4) is 11.4 Å². The smallest absolute Gasteiger partial charge is 0.275 e. The molecule has 7 nitrogen and oxygen atoms in total. The summed E-state index contributed by atoms with van der Waals surface area (Å²) in [5.74, 6) is -0.347. The van der Waals surface area contributed by atoms with Crippen molar-refractivity contribution in [3.05, 3.63) is 51.6 Å². The maximum atomic E-state index is 14.7. The summed E-state index contributed by atoms with van der Waals surface area (Å²) in [6.07, 6.45) is 3.91. The van der Waals surface area contributed by atoms with E-state index >= 15 is 0 Å². The standard InChI is InChI=1S/C23H26FN3O4S/c1-15-23(29,6-10-30-15)20-13-18-21(32-20)22(28)27(14-25-18)16-4-5-19(17(24)12-16)31-11-9-26-7-2-3-8-26/h4-5,12-15,29H,2-3,6-11H2,1H3. The molecule has 2 fully saturated rings. The van der Waals surface area contributed by atoms with Crippen molar-refractivity contribution in [2.24, 2.45) is 0 Å². The highest BCUT2D eigenvalue weighted by Gasteiger charge is 2.42. The minimum atomic E-state index is -1.12. The van der Waals surface area contributed by atoms with Crippen LogP contribution < -0.4 is 10.3 Å². The van der Waals surface area contributed by atoms with Crippen LogP contribution in [0.5, 0.6) is 5.75 Å². The highest BCUT2D eigenvalue weighted by Crippen LogP contribution is 2.40. The quantitative estimate of drug-likeness (QED) is 0.611. The zero-order valence-electron chi connectivity index (χ0n) is 17.9. The first-order valence-corrected chi connectivity index (χ1v) is 11.8. The Balaban J connectivity index is 1.38. The van der Waals surface area contributed by atoms with E-state index in [9.17, 15) is 14.3 Å². The molecule has 0 saturated carbocycles. The number of rotatable bonds is 6. The topological polar surface area (TPSA) is 76.8 Å². The van der Waals surface area contributed by atoms with E-state index in [-0.39, 0.29) is 17.4 Å². The highest BCUT2D eigenvalue weighted by molar-refractivity contribution is 7.19. The zero-order valence-corrected chi connectivity index (χ0v) is 18.7. The Kier molecular flexibility index (Phi) is 5.75. The van der Waals surface area contributed by atoms with Crippen molar-refractivity contribution in [1.82, 2.24) is 14.5 Å². The van der Waals surface area contributed by atoms with Gasteiger partial charge in [0.25, 0.3) is 5.56 Å². The van der Waals surface area contributed by atoms with Gasteiger partial charge in [0.1, 0.15) is 23.2 Å². The van der Waals surface area contributed by atoms with Crippen molar-refractivity contribution in [3.63, 3.8) is 0 Å². The molecule has 2 aliphatic rings. The van der Waals surface area contributed by atoms with Crippen LogP contribution in [0.4, 0.5) is 4.39 Å². The van der Waals surface area contributed by atoms with Gasteiger partial charge in [-0.15, -0.1) is 11.3 Å². The molecule has 2 atom stereocenters. The monoisotopic (exact) mass is 459 g/mol. The average molecular weight is 460 g/mol. The van der Waals surface area contributed by atoms with Crippen LogP contribution in [0.3, 0.4) is 0 Å². The van der Waals surface area contributed by atoms with Crippen LogP contribution in [0.1, 0.15) is 31.1 Å². The number of ether oxygens (including phenoxy) is 2. The van der Waals surface area contributed by atoms with Gasteiger partial charge in [-0.3, -0.25) is 14.3 Å². The van der Waals surface area contributed by atoms with Crippen LogP contribution in [0.15, 0.2) is 35.4 Å². The fraction of sp³-hybridized carbons (Fsp3) is 0.478. The molecule has 2 aliphatic heterocycles. The molecule has 0 bridgehead atoms.